The maximum atomic E-state index is 11.2. The van der Waals surface area contributed by atoms with E-state index in [-0.39, 0.29) is 5.56 Å². The van der Waals surface area contributed by atoms with Crippen LogP contribution in [0.2, 0.25) is 0 Å². The van der Waals surface area contributed by atoms with E-state index in [0.29, 0.717) is 16.9 Å². The minimum Gasteiger partial charge on any atom is -0.478 e. The SMILES string of the molecule is CN(c1ccccc1C#N)c1ccncc1C(=O)O. The first-order chi connectivity index (χ1) is 9.15. The average Bonchev–Trinajstić information content (AvgIpc) is 2.46. The van der Waals surface area contributed by atoms with Gasteiger partial charge in [0, 0.05) is 19.4 Å². The van der Waals surface area contributed by atoms with Gasteiger partial charge >= 0.3 is 5.97 Å². The fourth-order valence-corrected chi connectivity index (χ4v) is 1.83. The molecule has 0 aliphatic rings. The van der Waals surface area contributed by atoms with E-state index in [9.17, 15) is 4.79 Å². The lowest BCUT2D eigenvalue weighted by atomic mass is 10.1. The number of pyridine rings is 1. The second-order valence-electron chi connectivity index (χ2n) is 3.89. The third-order valence-corrected chi connectivity index (χ3v) is 2.78. The van der Waals surface area contributed by atoms with Crippen molar-refractivity contribution in [2.45, 2.75) is 0 Å². The van der Waals surface area contributed by atoms with Crippen LogP contribution < -0.4 is 4.90 Å². The number of nitriles is 1. The Morgan fingerprint density at radius 1 is 1.32 bits per heavy atom. The Morgan fingerprint density at radius 3 is 2.74 bits per heavy atom. The third kappa shape index (κ3) is 2.38. The van der Waals surface area contributed by atoms with Gasteiger partial charge in [-0.15, -0.1) is 0 Å². The Balaban J connectivity index is 2.54. The molecule has 0 radical (unpaired) electrons. The Bertz CT molecular complexity index is 662. The lowest BCUT2D eigenvalue weighted by Gasteiger charge is -2.21. The summed E-state index contributed by atoms with van der Waals surface area (Å²) in [6.45, 7) is 0. The molecule has 0 aliphatic heterocycles. The van der Waals surface area contributed by atoms with E-state index in [1.165, 1.54) is 12.4 Å². The molecule has 1 heterocycles. The Labute approximate surface area is 110 Å². The molecule has 5 heteroatoms. The highest BCUT2D eigenvalue weighted by Gasteiger charge is 2.16. The summed E-state index contributed by atoms with van der Waals surface area (Å²) in [6.07, 6.45) is 2.82. The number of rotatable bonds is 3. The van der Waals surface area contributed by atoms with E-state index in [4.69, 9.17) is 10.4 Å². The standard InChI is InChI=1S/C14H11N3O2/c1-17(12-5-3-2-4-10(12)8-15)13-6-7-16-9-11(13)14(18)19/h2-7,9H,1H3,(H,18,19). The number of para-hydroxylation sites is 1. The summed E-state index contributed by atoms with van der Waals surface area (Å²) < 4.78 is 0. The first kappa shape index (κ1) is 12.6. The van der Waals surface area contributed by atoms with E-state index in [2.05, 4.69) is 11.1 Å². The molecule has 1 N–H and O–H groups in total. The summed E-state index contributed by atoms with van der Waals surface area (Å²) in [7, 11) is 1.72. The minimum absolute atomic E-state index is 0.0951. The quantitative estimate of drug-likeness (QED) is 0.908. The summed E-state index contributed by atoms with van der Waals surface area (Å²) in [5.74, 6) is -1.05. The van der Waals surface area contributed by atoms with Crippen molar-refractivity contribution < 1.29 is 9.90 Å². The number of carboxylic acid groups (broad SMARTS) is 1. The molecular formula is C14H11N3O2. The molecule has 0 saturated carbocycles. The molecule has 0 atom stereocenters. The number of benzene rings is 1. The minimum atomic E-state index is -1.05. The lowest BCUT2D eigenvalue weighted by Crippen LogP contribution is -2.15. The van der Waals surface area contributed by atoms with Crippen LogP contribution in [0.5, 0.6) is 0 Å². The largest absolute Gasteiger partial charge is 0.478 e. The van der Waals surface area contributed by atoms with Gasteiger partial charge in [-0.3, -0.25) is 4.98 Å². The van der Waals surface area contributed by atoms with Crippen LogP contribution in [0, 0.1) is 11.3 Å². The number of aromatic nitrogens is 1. The second kappa shape index (κ2) is 5.19. The number of anilines is 2. The smallest absolute Gasteiger partial charge is 0.339 e. The number of carboxylic acids is 1. The zero-order valence-corrected chi connectivity index (χ0v) is 10.2. The van der Waals surface area contributed by atoms with Crippen molar-refractivity contribution in [3.05, 3.63) is 53.9 Å². The molecule has 1 aromatic carbocycles. The highest BCUT2D eigenvalue weighted by molar-refractivity contribution is 5.95. The number of hydrogen-bond donors (Lipinski definition) is 1. The van der Waals surface area contributed by atoms with Crippen molar-refractivity contribution >= 4 is 17.3 Å². The first-order valence-electron chi connectivity index (χ1n) is 5.55. The average molecular weight is 253 g/mol. The highest BCUT2D eigenvalue weighted by atomic mass is 16.4. The molecule has 0 amide bonds. The normalized spacial score (nSPS) is 9.68. The van der Waals surface area contributed by atoms with Crippen LogP contribution in [0.1, 0.15) is 15.9 Å². The van der Waals surface area contributed by atoms with Gasteiger partial charge in [0.05, 0.1) is 16.9 Å². The zero-order chi connectivity index (χ0) is 13.8. The monoisotopic (exact) mass is 253 g/mol. The van der Waals surface area contributed by atoms with Crippen LogP contribution in [0.25, 0.3) is 0 Å². The van der Waals surface area contributed by atoms with E-state index >= 15 is 0 Å². The van der Waals surface area contributed by atoms with Gasteiger partial charge in [0.15, 0.2) is 0 Å². The van der Waals surface area contributed by atoms with Gasteiger partial charge in [0.2, 0.25) is 0 Å². The molecule has 2 aromatic rings. The molecule has 0 spiro atoms. The van der Waals surface area contributed by atoms with Crippen molar-refractivity contribution in [3.63, 3.8) is 0 Å². The maximum absolute atomic E-state index is 11.2. The molecule has 0 aliphatic carbocycles. The Morgan fingerprint density at radius 2 is 2.05 bits per heavy atom. The van der Waals surface area contributed by atoms with Gasteiger partial charge in [0.1, 0.15) is 11.6 Å². The van der Waals surface area contributed by atoms with Gasteiger partial charge in [-0.05, 0) is 18.2 Å². The molecule has 0 bridgehead atoms. The van der Waals surface area contributed by atoms with Crippen LogP contribution in [-0.2, 0) is 0 Å². The van der Waals surface area contributed by atoms with Crippen molar-refractivity contribution in [1.82, 2.24) is 4.98 Å². The zero-order valence-electron chi connectivity index (χ0n) is 10.2. The predicted molar refractivity (Wildman–Crippen MR) is 70.4 cm³/mol. The van der Waals surface area contributed by atoms with Crippen LogP contribution in [0.15, 0.2) is 42.7 Å². The van der Waals surface area contributed by atoms with Crippen molar-refractivity contribution in [3.8, 4) is 6.07 Å². The summed E-state index contributed by atoms with van der Waals surface area (Å²) in [5, 5.41) is 18.2. The van der Waals surface area contributed by atoms with Crippen molar-refractivity contribution in [1.29, 1.82) is 5.26 Å². The molecule has 0 saturated heterocycles. The van der Waals surface area contributed by atoms with E-state index in [0.717, 1.165) is 0 Å². The van der Waals surface area contributed by atoms with Crippen LogP contribution >= 0.6 is 0 Å². The van der Waals surface area contributed by atoms with Gasteiger partial charge in [-0.2, -0.15) is 5.26 Å². The molecule has 0 fully saturated rings. The Hall–Kier alpha value is -2.87. The lowest BCUT2D eigenvalue weighted by molar-refractivity contribution is 0.0697. The number of hydrogen-bond acceptors (Lipinski definition) is 4. The predicted octanol–water partition coefficient (Wildman–Crippen LogP) is 2.42. The molecule has 19 heavy (non-hydrogen) atoms. The van der Waals surface area contributed by atoms with Gasteiger partial charge < -0.3 is 10.0 Å². The molecular weight excluding hydrogens is 242 g/mol. The number of carbonyl (C=O) groups is 1. The van der Waals surface area contributed by atoms with Gasteiger partial charge in [-0.25, -0.2) is 4.79 Å². The fourth-order valence-electron chi connectivity index (χ4n) is 1.83. The number of nitrogens with zero attached hydrogens (tertiary/aromatic N) is 3. The summed E-state index contributed by atoms with van der Waals surface area (Å²) in [5.41, 5.74) is 1.72. The van der Waals surface area contributed by atoms with Gasteiger partial charge in [0.25, 0.3) is 0 Å². The Kier molecular flexibility index (Phi) is 3.44. The summed E-state index contributed by atoms with van der Waals surface area (Å²) in [6, 6.07) is 10.7. The maximum Gasteiger partial charge on any atom is 0.339 e. The van der Waals surface area contributed by atoms with E-state index < -0.39 is 5.97 Å². The topological polar surface area (TPSA) is 77.2 Å². The third-order valence-electron chi connectivity index (χ3n) is 2.78. The molecule has 2 rings (SSSR count). The van der Waals surface area contributed by atoms with E-state index in [1.54, 1.807) is 42.3 Å². The molecule has 94 valence electrons. The van der Waals surface area contributed by atoms with Crippen LogP contribution in [0.3, 0.4) is 0 Å². The van der Waals surface area contributed by atoms with Crippen molar-refractivity contribution in [2.24, 2.45) is 0 Å². The van der Waals surface area contributed by atoms with Crippen LogP contribution in [-0.4, -0.2) is 23.1 Å². The fraction of sp³-hybridized carbons (Fsp3) is 0.0714. The van der Waals surface area contributed by atoms with Crippen molar-refractivity contribution in [2.75, 3.05) is 11.9 Å². The summed E-state index contributed by atoms with van der Waals surface area (Å²) >= 11 is 0. The number of aromatic carboxylic acids is 1. The molecule has 0 unspecified atom stereocenters. The van der Waals surface area contributed by atoms with E-state index in [1.807, 2.05) is 0 Å². The molecule has 1 aromatic heterocycles. The van der Waals surface area contributed by atoms with Gasteiger partial charge in [-0.1, -0.05) is 12.1 Å². The molecule has 5 nitrogen and oxygen atoms in total. The first-order valence-corrected chi connectivity index (χ1v) is 5.55. The second-order valence-corrected chi connectivity index (χ2v) is 3.89. The highest BCUT2D eigenvalue weighted by Crippen LogP contribution is 2.28. The van der Waals surface area contributed by atoms with Crippen LogP contribution in [0.4, 0.5) is 11.4 Å². The summed E-state index contributed by atoms with van der Waals surface area (Å²) in [4.78, 5) is 16.7.